The van der Waals surface area contributed by atoms with Crippen molar-refractivity contribution < 1.29 is 13.5 Å². The van der Waals surface area contributed by atoms with Gasteiger partial charge >= 0.3 is 0 Å². The van der Waals surface area contributed by atoms with E-state index in [0.29, 0.717) is 18.1 Å². The van der Waals surface area contributed by atoms with Gasteiger partial charge in [0.15, 0.2) is 11.6 Å². The van der Waals surface area contributed by atoms with E-state index in [-0.39, 0.29) is 11.7 Å². The molecular formula is C17H24F2O. The number of rotatable bonds is 5. The summed E-state index contributed by atoms with van der Waals surface area (Å²) in [4.78, 5) is 0. The average molecular weight is 282 g/mol. The highest BCUT2D eigenvalue weighted by atomic mass is 19.2. The molecule has 20 heavy (non-hydrogen) atoms. The molecule has 1 aromatic carbocycles. The van der Waals surface area contributed by atoms with Crippen LogP contribution in [-0.4, -0.2) is 6.61 Å². The van der Waals surface area contributed by atoms with Crippen LogP contribution in [0.2, 0.25) is 0 Å². The number of benzene rings is 1. The quantitative estimate of drug-likeness (QED) is 0.654. The molecule has 1 nitrogen and oxygen atoms in total. The van der Waals surface area contributed by atoms with Crippen LogP contribution < -0.4 is 4.74 Å². The van der Waals surface area contributed by atoms with E-state index in [9.17, 15) is 8.78 Å². The topological polar surface area (TPSA) is 9.23 Å². The Morgan fingerprint density at radius 3 is 2.45 bits per heavy atom. The van der Waals surface area contributed by atoms with Crippen molar-refractivity contribution in [3.63, 3.8) is 0 Å². The highest BCUT2D eigenvalue weighted by Crippen LogP contribution is 2.38. The monoisotopic (exact) mass is 282 g/mol. The lowest BCUT2D eigenvalue weighted by molar-refractivity contribution is 0.286. The number of ether oxygens (including phenoxy) is 1. The first-order valence-corrected chi connectivity index (χ1v) is 7.74. The molecule has 0 aliphatic heterocycles. The Bertz CT molecular complexity index is 437. The Morgan fingerprint density at radius 1 is 1.10 bits per heavy atom. The molecule has 0 amide bonds. The molecule has 1 fully saturated rings. The third-order valence-electron chi connectivity index (χ3n) is 4.29. The second-order valence-corrected chi connectivity index (χ2v) is 5.94. The summed E-state index contributed by atoms with van der Waals surface area (Å²) in [6.45, 7) is 4.69. The van der Waals surface area contributed by atoms with Gasteiger partial charge in [0, 0.05) is 0 Å². The molecule has 0 saturated heterocycles. The lowest BCUT2D eigenvalue weighted by atomic mass is 9.79. The predicted octanol–water partition coefficient (Wildman–Crippen LogP) is 5.44. The van der Waals surface area contributed by atoms with Gasteiger partial charge in [-0.05, 0) is 42.7 Å². The maximum atomic E-state index is 14.2. The molecule has 1 aliphatic carbocycles. The van der Waals surface area contributed by atoms with Crippen molar-refractivity contribution in [1.29, 1.82) is 0 Å². The van der Waals surface area contributed by atoms with Crippen LogP contribution in [-0.2, 0) is 0 Å². The summed E-state index contributed by atoms with van der Waals surface area (Å²) in [6, 6.07) is 3.29. The first-order chi connectivity index (χ1) is 9.63. The van der Waals surface area contributed by atoms with Gasteiger partial charge in [0.2, 0.25) is 5.82 Å². The molecule has 0 atom stereocenters. The fourth-order valence-electron chi connectivity index (χ4n) is 2.87. The van der Waals surface area contributed by atoms with Crippen molar-refractivity contribution in [1.82, 2.24) is 0 Å². The largest absolute Gasteiger partial charge is 0.490 e. The molecule has 3 heteroatoms. The number of halogens is 2. The third kappa shape index (κ3) is 3.50. The zero-order chi connectivity index (χ0) is 14.5. The van der Waals surface area contributed by atoms with E-state index in [1.54, 1.807) is 12.1 Å². The Labute approximate surface area is 120 Å². The lowest BCUT2D eigenvalue weighted by Gasteiger charge is -2.27. The first-order valence-electron chi connectivity index (χ1n) is 7.74. The molecule has 112 valence electrons. The molecule has 1 saturated carbocycles. The third-order valence-corrected chi connectivity index (χ3v) is 4.29. The lowest BCUT2D eigenvalue weighted by Crippen LogP contribution is -2.13. The molecule has 0 spiro atoms. The standard InChI is InChI=1S/C17H24F2O/c1-3-4-11-20-15-10-9-14(16(18)17(15)19)13-7-5-12(2)6-8-13/h9-10,12-13H,3-8,11H2,1-2H3. The van der Waals surface area contributed by atoms with E-state index in [4.69, 9.17) is 4.74 Å². The van der Waals surface area contributed by atoms with Gasteiger partial charge in [-0.15, -0.1) is 0 Å². The molecule has 2 rings (SSSR count). The number of hydrogen-bond donors (Lipinski definition) is 0. The predicted molar refractivity (Wildman–Crippen MR) is 77.1 cm³/mol. The zero-order valence-corrected chi connectivity index (χ0v) is 12.4. The Kier molecular flexibility index (Phi) is 5.38. The van der Waals surface area contributed by atoms with E-state index < -0.39 is 11.6 Å². The van der Waals surface area contributed by atoms with Crippen LogP contribution >= 0.6 is 0 Å². The van der Waals surface area contributed by atoms with Crippen LogP contribution in [0.1, 0.15) is 63.9 Å². The van der Waals surface area contributed by atoms with E-state index in [1.807, 2.05) is 6.92 Å². The summed E-state index contributed by atoms with van der Waals surface area (Å²) < 4.78 is 33.5. The van der Waals surface area contributed by atoms with Gasteiger partial charge in [-0.3, -0.25) is 0 Å². The van der Waals surface area contributed by atoms with E-state index in [0.717, 1.165) is 38.5 Å². The van der Waals surface area contributed by atoms with Crippen LogP contribution in [0.15, 0.2) is 12.1 Å². The van der Waals surface area contributed by atoms with Crippen molar-refractivity contribution >= 4 is 0 Å². The second-order valence-electron chi connectivity index (χ2n) is 5.94. The van der Waals surface area contributed by atoms with Crippen molar-refractivity contribution in [2.45, 2.75) is 58.3 Å². The highest BCUT2D eigenvalue weighted by molar-refractivity contribution is 5.33. The number of hydrogen-bond acceptors (Lipinski definition) is 1. The molecular weight excluding hydrogens is 258 g/mol. The fourth-order valence-corrected chi connectivity index (χ4v) is 2.87. The smallest absolute Gasteiger partial charge is 0.200 e. The maximum Gasteiger partial charge on any atom is 0.200 e. The summed E-state index contributed by atoms with van der Waals surface area (Å²) in [5.41, 5.74) is 0.525. The van der Waals surface area contributed by atoms with Gasteiger partial charge in [-0.2, -0.15) is 4.39 Å². The van der Waals surface area contributed by atoms with Crippen molar-refractivity contribution in [2.24, 2.45) is 5.92 Å². The average Bonchev–Trinajstić information content (AvgIpc) is 2.45. The minimum Gasteiger partial charge on any atom is -0.490 e. The molecule has 0 bridgehead atoms. The van der Waals surface area contributed by atoms with Crippen molar-refractivity contribution in [3.8, 4) is 5.75 Å². The molecule has 0 heterocycles. The summed E-state index contributed by atoms with van der Waals surface area (Å²) in [5, 5.41) is 0. The summed E-state index contributed by atoms with van der Waals surface area (Å²) in [7, 11) is 0. The number of unbranched alkanes of at least 4 members (excludes halogenated alkanes) is 1. The van der Waals surface area contributed by atoms with Gasteiger partial charge < -0.3 is 4.74 Å². The summed E-state index contributed by atoms with van der Waals surface area (Å²) in [6.07, 6.45) is 5.92. The normalized spacial score (nSPS) is 22.8. The van der Waals surface area contributed by atoms with Crippen LogP contribution in [0.5, 0.6) is 5.75 Å². The van der Waals surface area contributed by atoms with Gasteiger partial charge in [-0.25, -0.2) is 4.39 Å². The van der Waals surface area contributed by atoms with Gasteiger partial charge in [0.25, 0.3) is 0 Å². The minimum absolute atomic E-state index is 0.0453. The van der Waals surface area contributed by atoms with Gasteiger partial charge in [-0.1, -0.05) is 39.2 Å². The van der Waals surface area contributed by atoms with E-state index in [1.165, 1.54) is 0 Å². The summed E-state index contributed by atoms with van der Waals surface area (Å²) in [5.74, 6) is -0.624. The summed E-state index contributed by atoms with van der Waals surface area (Å²) >= 11 is 0. The van der Waals surface area contributed by atoms with Gasteiger partial charge in [0.1, 0.15) is 0 Å². The second kappa shape index (κ2) is 7.05. The Balaban J connectivity index is 2.09. The zero-order valence-electron chi connectivity index (χ0n) is 12.4. The molecule has 0 radical (unpaired) electrons. The molecule has 0 unspecified atom stereocenters. The fraction of sp³-hybridized carbons (Fsp3) is 0.647. The highest BCUT2D eigenvalue weighted by Gasteiger charge is 2.25. The minimum atomic E-state index is -0.822. The van der Waals surface area contributed by atoms with Crippen molar-refractivity contribution in [3.05, 3.63) is 29.3 Å². The van der Waals surface area contributed by atoms with Crippen LogP contribution in [0, 0.1) is 17.6 Å². The molecule has 1 aliphatic rings. The Hall–Kier alpha value is -1.12. The van der Waals surface area contributed by atoms with E-state index in [2.05, 4.69) is 6.92 Å². The maximum absolute atomic E-state index is 14.2. The molecule has 0 N–H and O–H groups in total. The van der Waals surface area contributed by atoms with Gasteiger partial charge in [0.05, 0.1) is 6.61 Å². The van der Waals surface area contributed by atoms with E-state index >= 15 is 0 Å². The van der Waals surface area contributed by atoms with Crippen LogP contribution in [0.3, 0.4) is 0 Å². The van der Waals surface area contributed by atoms with Crippen molar-refractivity contribution in [2.75, 3.05) is 6.61 Å². The molecule has 1 aromatic rings. The Morgan fingerprint density at radius 2 is 1.80 bits per heavy atom. The van der Waals surface area contributed by atoms with Crippen LogP contribution in [0.4, 0.5) is 8.78 Å². The SMILES string of the molecule is CCCCOc1ccc(C2CCC(C)CC2)c(F)c1F. The van der Waals surface area contributed by atoms with Crippen LogP contribution in [0.25, 0.3) is 0 Å². The molecule has 0 aromatic heterocycles. The first kappa shape index (κ1) is 15.3.